The number of morpholine rings is 1. The van der Waals surface area contributed by atoms with E-state index in [4.69, 9.17) is 14.6 Å². The van der Waals surface area contributed by atoms with Crippen LogP contribution in [0.25, 0.3) is 33.1 Å². The van der Waals surface area contributed by atoms with E-state index in [0.717, 1.165) is 38.8 Å². The molecular formula is C31H31N7O5. The van der Waals surface area contributed by atoms with Crippen molar-refractivity contribution in [2.75, 3.05) is 31.6 Å². The average molecular weight is 582 g/mol. The Labute approximate surface area is 247 Å². The number of ether oxygens (including phenoxy) is 1. The van der Waals surface area contributed by atoms with Gasteiger partial charge in [0.25, 0.3) is 12.4 Å². The number of carbonyl (C=O) groups is 3. The minimum absolute atomic E-state index is 0.0321. The fourth-order valence-electron chi connectivity index (χ4n) is 5.19. The zero-order valence-electron chi connectivity index (χ0n) is 23.7. The number of nitrogens with one attached hydrogen (secondary N) is 2. The Balaban J connectivity index is 0.00000118. The second-order valence-corrected chi connectivity index (χ2v) is 9.95. The van der Waals surface area contributed by atoms with Gasteiger partial charge in [-0.05, 0) is 41.3 Å². The topological polar surface area (TPSA) is 152 Å². The second kappa shape index (κ2) is 13.1. The number of fused-ring (bicyclic) bond motifs is 2. The molecule has 0 aliphatic carbocycles. The number of nitrogens with zero attached hydrogens (tertiary/aromatic N) is 5. The summed E-state index contributed by atoms with van der Waals surface area (Å²) in [6, 6.07) is 13.8. The molecule has 3 N–H and O–H groups in total. The third kappa shape index (κ3) is 6.44. The second-order valence-electron chi connectivity index (χ2n) is 9.95. The smallest absolute Gasteiger partial charge is 0.290 e. The van der Waals surface area contributed by atoms with Gasteiger partial charge in [-0.1, -0.05) is 12.1 Å². The highest BCUT2D eigenvalue weighted by Gasteiger charge is 2.26. The molecule has 0 spiro atoms. The quantitative estimate of drug-likeness (QED) is 0.255. The molecule has 4 heterocycles. The van der Waals surface area contributed by atoms with Gasteiger partial charge in [0.05, 0.1) is 47.7 Å². The third-order valence-electron chi connectivity index (χ3n) is 7.25. The number of amides is 2. The van der Waals surface area contributed by atoms with Crippen LogP contribution in [0.3, 0.4) is 0 Å². The van der Waals surface area contributed by atoms with Crippen molar-refractivity contribution in [1.82, 2.24) is 29.7 Å². The Morgan fingerprint density at radius 1 is 1.12 bits per heavy atom. The van der Waals surface area contributed by atoms with Crippen molar-refractivity contribution in [2.45, 2.75) is 13.0 Å². The third-order valence-corrected chi connectivity index (χ3v) is 7.25. The van der Waals surface area contributed by atoms with E-state index in [1.807, 2.05) is 25.4 Å². The number of carbonyl (C=O) groups excluding carboxylic acids is 2. The van der Waals surface area contributed by atoms with E-state index < -0.39 is 0 Å². The number of aryl methyl sites for hydroxylation is 1. The molecule has 1 aliphatic rings. The molecule has 1 atom stereocenters. The first-order valence-electron chi connectivity index (χ1n) is 13.6. The zero-order chi connectivity index (χ0) is 30.3. The zero-order valence-corrected chi connectivity index (χ0v) is 23.7. The van der Waals surface area contributed by atoms with Crippen LogP contribution in [0.15, 0.2) is 73.4 Å². The van der Waals surface area contributed by atoms with E-state index in [0.29, 0.717) is 31.0 Å². The summed E-state index contributed by atoms with van der Waals surface area (Å²) in [6.07, 6.45) is 8.60. The Kier molecular flexibility index (Phi) is 8.87. The van der Waals surface area contributed by atoms with Gasteiger partial charge < -0.3 is 29.9 Å². The molecule has 2 aromatic carbocycles. The van der Waals surface area contributed by atoms with Crippen LogP contribution in [-0.2, 0) is 21.4 Å². The van der Waals surface area contributed by atoms with Crippen molar-refractivity contribution in [2.24, 2.45) is 7.05 Å². The lowest BCUT2D eigenvalue weighted by Gasteiger charge is -2.35. The molecule has 12 heteroatoms. The summed E-state index contributed by atoms with van der Waals surface area (Å²) < 4.78 is 7.62. The molecule has 6 rings (SSSR count). The fraction of sp³-hybridized carbons (Fsp3) is 0.226. The average Bonchev–Trinajstić information content (AvgIpc) is 3.40. The van der Waals surface area contributed by atoms with Crippen molar-refractivity contribution in [3.63, 3.8) is 0 Å². The number of hydrogen-bond donors (Lipinski definition) is 3. The maximum absolute atomic E-state index is 13.3. The molecule has 1 fully saturated rings. The lowest BCUT2D eigenvalue weighted by atomic mass is 10.0. The van der Waals surface area contributed by atoms with E-state index in [1.54, 1.807) is 35.8 Å². The van der Waals surface area contributed by atoms with Crippen molar-refractivity contribution in [1.29, 1.82) is 0 Å². The summed E-state index contributed by atoms with van der Waals surface area (Å²) in [4.78, 5) is 48.8. The molecule has 1 unspecified atom stereocenters. The lowest BCUT2D eigenvalue weighted by molar-refractivity contribution is -0.137. The molecule has 5 aromatic rings. The highest BCUT2D eigenvalue weighted by molar-refractivity contribution is 6.01. The number of carboxylic acid groups (broad SMARTS) is 1. The number of pyridine rings is 1. The summed E-state index contributed by atoms with van der Waals surface area (Å²) in [5, 5.41) is 14.4. The highest BCUT2D eigenvalue weighted by atomic mass is 16.5. The first-order valence-corrected chi connectivity index (χ1v) is 13.6. The first kappa shape index (κ1) is 29.1. The minimum Gasteiger partial charge on any atom is -0.483 e. The number of rotatable bonds is 6. The summed E-state index contributed by atoms with van der Waals surface area (Å²) in [5.74, 6) is -0.302. The maximum Gasteiger partial charge on any atom is 0.290 e. The molecule has 0 saturated carbocycles. The van der Waals surface area contributed by atoms with Crippen LogP contribution in [0.4, 0.5) is 11.4 Å². The predicted octanol–water partition coefficient (Wildman–Crippen LogP) is 3.61. The lowest BCUT2D eigenvalue weighted by Crippen LogP contribution is -2.52. The number of anilines is 2. The van der Waals surface area contributed by atoms with E-state index in [-0.39, 0.29) is 30.9 Å². The molecule has 0 radical (unpaired) electrons. The number of aromatic nitrogens is 4. The summed E-state index contributed by atoms with van der Waals surface area (Å²) in [6.45, 7) is 2.97. The van der Waals surface area contributed by atoms with Crippen LogP contribution in [0.1, 0.15) is 17.3 Å². The Morgan fingerprint density at radius 2 is 1.93 bits per heavy atom. The standard InChI is InChI=1S/C30H29N7O3.CH2O2/c1-19(38)37-11-12-40-18-23(37)16-34-30(39)24-5-7-31-17-27(24)35-22-14-25(29-26(15-22)32-8-9-33-29)21-4-3-20-6-10-36(2)28(20)13-21;2-1-3/h3-10,13-15,17,23,35H,11-12,16,18H2,1-2H3,(H,34,39);1H,(H,2,3). The van der Waals surface area contributed by atoms with Gasteiger partial charge in [0, 0.05) is 68.6 Å². The molecule has 1 aliphatic heterocycles. The maximum atomic E-state index is 13.3. The van der Waals surface area contributed by atoms with Gasteiger partial charge >= 0.3 is 0 Å². The normalized spacial score (nSPS) is 14.6. The molecule has 2 amide bonds. The van der Waals surface area contributed by atoms with Crippen LogP contribution >= 0.6 is 0 Å². The number of hydrogen-bond acceptors (Lipinski definition) is 8. The van der Waals surface area contributed by atoms with Crippen LogP contribution in [0.5, 0.6) is 0 Å². The van der Waals surface area contributed by atoms with Crippen molar-refractivity contribution >= 4 is 51.6 Å². The Morgan fingerprint density at radius 3 is 2.74 bits per heavy atom. The summed E-state index contributed by atoms with van der Waals surface area (Å²) >= 11 is 0. The van der Waals surface area contributed by atoms with Gasteiger partial charge in [0.2, 0.25) is 5.91 Å². The predicted molar refractivity (Wildman–Crippen MR) is 162 cm³/mol. The molecule has 12 nitrogen and oxygen atoms in total. The van der Waals surface area contributed by atoms with Crippen LogP contribution in [0.2, 0.25) is 0 Å². The van der Waals surface area contributed by atoms with Crippen LogP contribution < -0.4 is 10.6 Å². The molecular weight excluding hydrogens is 550 g/mol. The highest BCUT2D eigenvalue weighted by Crippen LogP contribution is 2.33. The fourth-order valence-corrected chi connectivity index (χ4v) is 5.19. The molecule has 220 valence electrons. The molecule has 0 bridgehead atoms. The molecule has 43 heavy (non-hydrogen) atoms. The van der Waals surface area contributed by atoms with Gasteiger partial charge in [0.15, 0.2) is 0 Å². The first-order chi connectivity index (χ1) is 20.9. The van der Waals surface area contributed by atoms with Crippen molar-refractivity contribution in [3.05, 3.63) is 79.0 Å². The van der Waals surface area contributed by atoms with E-state index in [2.05, 4.69) is 54.4 Å². The van der Waals surface area contributed by atoms with E-state index in [9.17, 15) is 9.59 Å². The van der Waals surface area contributed by atoms with E-state index in [1.165, 1.54) is 6.92 Å². The summed E-state index contributed by atoms with van der Waals surface area (Å²) in [7, 11) is 2.02. The van der Waals surface area contributed by atoms with Gasteiger partial charge in [0.1, 0.15) is 0 Å². The number of benzene rings is 2. The van der Waals surface area contributed by atoms with Gasteiger partial charge in [-0.2, -0.15) is 0 Å². The van der Waals surface area contributed by atoms with Crippen molar-refractivity contribution < 1.29 is 24.2 Å². The molecule has 1 saturated heterocycles. The SMILES string of the molecule is CC(=O)N1CCOCC1CNC(=O)c1ccncc1Nc1cc(-c2ccc3ccn(C)c3c2)c2nccnc2c1.O=CO. The van der Waals surface area contributed by atoms with Crippen LogP contribution in [0, 0.1) is 0 Å². The van der Waals surface area contributed by atoms with Gasteiger partial charge in [-0.15, -0.1) is 0 Å². The minimum atomic E-state index is -0.270. The van der Waals surface area contributed by atoms with E-state index >= 15 is 0 Å². The monoisotopic (exact) mass is 581 g/mol. The van der Waals surface area contributed by atoms with Crippen molar-refractivity contribution in [3.8, 4) is 11.1 Å². The van der Waals surface area contributed by atoms with Gasteiger partial charge in [-0.25, -0.2) is 0 Å². The largest absolute Gasteiger partial charge is 0.483 e. The van der Waals surface area contributed by atoms with Crippen LogP contribution in [-0.4, -0.2) is 80.2 Å². The Bertz CT molecular complexity index is 1790. The summed E-state index contributed by atoms with van der Waals surface area (Å²) in [5.41, 5.74) is 6.31. The Hall–Kier alpha value is -5.36. The molecule has 3 aromatic heterocycles. The van der Waals surface area contributed by atoms with Gasteiger partial charge in [-0.3, -0.25) is 29.3 Å².